The van der Waals surface area contributed by atoms with Crippen molar-refractivity contribution in [2.75, 3.05) is 12.4 Å². The molecule has 2 aromatic carbocycles. The Balaban J connectivity index is 1.83. The number of nitrogens with one attached hydrogen (secondary N) is 1. The highest BCUT2D eigenvalue weighted by Crippen LogP contribution is 2.42. The fraction of sp³-hybridized carbons (Fsp3) is 0.190. The van der Waals surface area contributed by atoms with E-state index in [2.05, 4.69) is 15.5 Å². The van der Waals surface area contributed by atoms with Gasteiger partial charge in [-0.3, -0.25) is 4.79 Å². The standard InChI is InChI=1S/C21H18Cl2N4O2/c1-12-6-7-17-16(10-12)18-15(19(22)23)8-9-27(18)20(21(28)24-17)26-25-13-4-3-5-14(11-13)29-2/h3-11,19-20H,1-2H3,(H,24,28)/t20-/m1/s1. The molecule has 0 saturated heterocycles. The molecule has 8 heteroatoms. The summed E-state index contributed by atoms with van der Waals surface area (Å²) in [4.78, 5) is 12.2. The van der Waals surface area contributed by atoms with Crippen molar-refractivity contribution in [1.82, 2.24) is 4.57 Å². The van der Waals surface area contributed by atoms with Crippen molar-refractivity contribution in [1.29, 1.82) is 0 Å². The maximum Gasteiger partial charge on any atom is 0.272 e. The molecule has 1 aliphatic rings. The molecule has 0 aliphatic carbocycles. The monoisotopic (exact) mass is 428 g/mol. The molecule has 0 fully saturated rings. The van der Waals surface area contributed by atoms with Crippen LogP contribution in [0.2, 0.25) is 0 Å². The summed E-state index contributed by atoms with van der Waals surface area (Å²) in [7, 11) is 1.58. The van der Waals surface area contributed by atoms with Gasteiger partial charge in [-0.25, -0.2) is 0 Å². The molecule has 1 amide bonds. The molecule has 6 nitrogen and oxygen atoms in total. The zero-order chi connectivity index (χ0) is 20.5. The maximum atomic E-state index is 13.0. The Bertz CT molecular complexity index is 1110. The molecule has 1 N–H and O–H groups in total. The molecule has 3 aromatic rings. The number of carbonyl (C=O) groups excluding carboxylic acids is 1. The van der Waals surface area contributed by atoms with E-state index in [0.29, 0.717) is 22.7 Å². The Morgan fingerprint density at radius 1 is 1.17 bits per heavy atom. The molecule has 29 heavy (non-hydrogen) atoms. The smallest absolute Gasteiger partial charge is 0.272 e. The van der Waals surface area contributed by atoms with Crippen LogP contribution in [0.15, 0.2) is 65.0 Å². The number of aromatic nitrogens is 1. The Morgan fingerprint density at radius 2 is 2.00 bits per heavy atom. The number of amides is 1. The van der Waals surface area contributed by atoms with E-state index in [1.165, 1.54) is 0 Å². The fourth-order valence-corrected chi connectivity index (χ4v) is 3.68. The number of nitrogens with zero attached hydrogens (tertiary/aromatic N) is 3. The second kappa shape index (κ2) is 7.89. The molecule has 0 bridgehead atoms. The summed E-state index contributed by atoms with van der Waals surface area (Å²) in [6, 6.07) is 14.7. The van der Waals surface area contributed by atoms with Crippen LogP contribution in [0.4, 0.5) is 11.4 Å². The van der Waals surface area contributed by atoms with Gasteiger partial charge in [-0.05, 0) is 37.3 Å². The molecule has 2 heterocycles. The molecule has 0 unspecified atom stereocenters. The summed E-state index contributed by atoms with van der Waals surface area (Å²) in [6.07, 6.45) is 0.846. The van der Waals surface area contributed by atoms with E-state index in [9.17, 15) is 4.79 Å². The number of fused-ring (bicyclic) bond motifs is 3. The van der Waals surface area contributed by atoms with Gasteiger partial charge >= 0.3 is 0 Å². The second-order valence-electron chi connectivity index (χ2n) is 6.66. The highest BCUT2D eigenvalue weighted by atomic mass is 35.5. The first kappa shape index (κ1) is 19.5. The van der Waals surface area contributed by atoms with Crippen LogP contribution in [-0.2, 0) is 4.79 Å². The summed E-state index contributed by atoms with van der Waals surface area (Å²) in [5, 5.41) is 11.5. The largest absolute Gasteiger partial charge is 0.497 e. The Labute approximate surface area is 178 Å². The minimum Gasteiger partial charge on any atom is -0.497 e. The maximum absolute atomic E-state index is 13.0. The molecule has 148 valence electrons. The quantitative estimate of drug-likeness (QED) is 0.397. The van der Waals surface area contributed by atoms with E-state index in [1.54, 1.807) is 36.1 Å². The van der Waals surface area contributed by atoms with Gasteiger partial charge in [-0.2, -0.15) is 10.2 Å². The SMILES string of the molecule is COc1cccc(N=N[C@H]2C(=O)Nc3ccc(C)cc3-c3c(C(Cl)Cl)ccn32)c1. The number of azo groups is 1. The van der Waals surface area contributed by atoms with E-state index < -0.39 is 11.0 Å². The highest BCUT2D eigenvalue weighted by molar-refractivity contribution is 6.44. The van der Waals surface area contributed by atoms with Crippen LogP contribution in [0.25, 0.3) is 11.3 Å². The van der Waals surface area contributed by atoms with Gasteiger partial charge in [0, 0.05) is 23.4 Å². The molecule has 0 spiro atoms. The molecule has 1 aliphatic heterocycles. The van der Waals surface area contributed by atoms with E-state index in [4.69, 9.17) is 27.9 Å². The van der Waals surface area contributed by atoms with Gasteiger partial charge in [0.1, 0.15) is 10.6 Å². The molecular formula is C21H18Cl2N4O2. The third kappa shape index (κ3) is 3.73. The summed E-state index contributed by atoms with van der Waals surface area (Å²) in [5.74, 6) is 0.356. The lowest BCUT2D eigenvalue weighted by Gasteiger charge is -2.14. The first-order valence-electron chi connectivity index (χ1n) is 8.93. The zero-order valence-corrected chi connectivity index (χ0v) is 17.3. The van der Waals surface area contributed by atoms with Crippen molar-refractivity contribution in [2.24, 2.45) is 10.2 Å². The molecule has 1 aromatic heterocycles. The average molecular weight is 429 g/mol. The van der Waals surface area contributed by atoms with Gasteiger partial charge in [0.25, 0.3) is 5.91 Å². The van der Waals surface area contributed by atoms with Gasteiger partial charge in [-0.1, -0.05) is 40.9 Å². The van der Waals surface area contributed by atoms with Crippen LogP contribution in [-0.4, -0.2) is 17.6 Å². The van der Waals surface area contributed by atoms with Gasteiger partial charge in [0.15, 0.2) is 0 Å². The van der Waals surface area contributed by atoms with Gasteiger partial charge in [0.05, 0.1) is 24.2 Å². The van der Waals surface area contributed by atoms with E-state index >= 15 is 0 Å². The summed E-state index contributed by atoms with van der Waals surface area (Å²) in [5.41, 5.74) is 4.59. The van der Waals surface area contributed by atoms with Gasteiger partial charge in [0.2, 0.25) is 6.17 Å². The van der Waals surface area contributed by atoms with E-state index in [1.807, 2.05) is 37.3 Å². The predicted octanol–water partition coefficient (Wildman–Crippen LogP) is 6.18. The van der Waals surface area contributed by atoms with Gasteiger partial charge in [-0.15, -0.1) is 0 Å². The van der Waals surface area contributed by atoms with Crippen molar-refractivity contribution in [2.45, 2.75) is 17.9 Å². The normalized spacial score (nSPS) is 15.8. The summed E-state index contributed by atoms with van der Waals surface area (Å²) >= 11 is 12.4. The lowest BCUT2D eigenvalue weighted by molar-refractivity contribution is -0.119. The lowest BCUT2D eigenvalue weighted by atomic mass is 10.0. The number of rotatable bonds is 4. The van der Waals surface area contributed by atoms with Crippen molar-refractivity contribution in [3.63, 3.8) is 0 Å². The van der Waals surface area contributed by atoms with Crippen LogP contribution in [0.5, 0.6) is 5.75 Å². The number of carbonyl (C=O) groups is 1. The number of hydrogen-bond acceptors (Lipinski definition) is 4. The van der Waals surface area contributed by atoms with Crippen LogP contribution in [0, 0.1) is 6.92 Å². The Kier molecular flexibility index (Phi) is 5.30. The minimum absolute atomic E-state index is 0.302. The summed E-state index contributed by atoms with van der Waals surface area (Å²) < 4.78 is 6.96. The summed E-state index contributed by atoms with van der Waals surface area (Å²) in [6.45, 7) is 1.98. The molecule has 4 rings (SSSR count). The zero-order valence-electron chi connectivity index (χ0n) is 15.8. The number of ether oxygens (including phenoxy) is 1. The average Bonchev–Trinajstić information content (AvgIpc) is 3.10. The number of aryl methyl sites for hydroxylation is 1. The van der Waals surface area contributed by atoms with Crippen LogP contribution < -0.4 is 10.1 Å². The van der Waals surface area contributed by atoms with Gasteiger partial charge < -0.3 is 14.6 Å². The number of methoxy groups -OCH3 is 1. The molecule has 1 atom stereocenters. The Morgan fingerprint density at radius 3 is 2.76 bits per heavy atom. The Hall–Kier alpha value is -2.83. The lowest BCUT2D eigenvalue weighted by Crippen LogP contribution is -2.22. The first-order chi connectivity index (χ1) is 14.0. The van der Waals surface area contributed by atoms with E-state index in [0.717, 1.165) is 16.8 Å². The van der Waals surface area contributed by atoms with Crippen molar-refractivity contribution in [3.05, 3.63) is 65.9 Å². The highest BCUT2D eigenvalue weighted by Gasteiger charge is 2.31. The van der Waals surface area contributed by atoms with Crippen LogP contribution in [0.1, 0.15) is 22.1 Å². The van der Waals surface area contributed by atoms with Crippen molar-refractivity contribution in [3.8, 4) is 17.0 Å². The topological polar surface area (TPSA) is 68.0 Å². The second-order valence-corrected chi connectivity index (χ2v) is 7.75. The fourth-order valence-electron chi connectivity index (χ4n) is 3.33. The number of hydrogen-bond donors (Lipinski definition) is 1. The minimum atomic E-state index is -0.912. The van der Waals surface area contributed by atoms with Crippen LogP contribution in [0.3, 0.4) is 0 Å². The number of halogens is 2. The van der Waals surface area contributed by atoms with E-state index in [-0.39, 0.29) is 5.91 Å². The molecule has 0 saturated carbocycles. The predicted molar refractivity (Wildman–Crippen MR) is 114 cm³/mol. The van der Waals surface area contributed by atoms with Crippen molar-refractivity contribution < 1.29 is 9.53 Å². The van der Waals surface area contributed by atoms with Crippen LogP contribution >= 0.6 is 23.2 Å². The first-order valence-corrected chi connectivity index (χ1v) is 9.81. The third-order valence-corrected chi connectivity index (χ3v) is 5.17. The van der Waals surface area contributed by atoms with Crippen molar-refractivity contribution >= 4 is 40.5 Å². The molecule has 0 radical (unpaired) electrons. The number of anilines is 1. The number of alkyl halides is 2. The number of benzene rings is 2. The third-order valence-electron chi connectivity index (χ3n) is 4.70. The molecular weight excluding hydrogens is 411 g/mol.